The van der Waals surface area contributed by atoms with E-state index < -0.39 is 23.5 Å². The summed E-state index contributed by atoms with van der Waals surface area (Å²) in [5.74, 6) is -2.40. The molecular formula is C17H19F2N5O2. The van der Waals surface area contributed by atoms with Crippen molar-refractivity contribution in [2.24, 2.45) is 16.6 Å². The van der Waals surface area contributed by atoms with Gasteiger partial charge in [0.25, 0.3) is 0 Å². The first-order valence-electron chi connectivity index (χ1n) is 8.24. The lowest BCUT2D eigenvalue weighted by molar-refractivity contribution is -0.143. The maximum Gasteiger partial charge on any atom is 0.306 e. The molecule has 1 aromatic rings. The van der Waals surface area contributed by atoms with Crippen LogP contribution in [0.5, 0.6) is 0 Å². The molecule has 0 spiro atoms. The Hall–Kier alpha value is -2.97. The smallest absolute Gasteiger partial charge is 0.306 e. The maximum absolute atomic E-state index is 14.0. The van der Waals surface area contributed by atoms with E-state index in [1.807, 2.05) is 0 Å². The van der Waals surface area contributed by atoms with Crippen molar-refractivity contribution in [3.8, 4) is 0 Å². The first kappa shape index (κ1) is 17.8. The lowest BCUT2D eigenvalue weighted by Gasteiger charge is -2.34. The van der Waals surface area contributed by atoms with Gasteiger partial charge in [0, 0.05) is 18.3 Å². The number of nitrogens with one attached hydrogen (secondary N) is 2. The zero-order valence-corrected chi connectivity index (χ0v) is 13.9. The van der Waals surface area contributed by atoms with E-state index in [0.29, 0.717) is 25.7 Å². The molecule has 0 amide bonds. The first-order valence-corrected chi connectivity index (χ1v) is 8.24. The molecule has 0 radical (unpaired) electrons. The Bertz CT molecular complexity index is 800. The lowest BCUT2D eigenvalue weighted by atomic mass is 9.85. The number of carbonyl (C=O) groups is 1. The molecule has 0 saturated heterocycles. The number of aliphatic carboxylic acids is 1. The van der Waals surface area contributed by atoms with Crippen molar-refractivity contribution in [3.05, 3.63) is 41.7 Å². The van der Waals surface area contributed by atoms with Crippen molar-refractivity contribution >= 4 is 23.5 Å². The van der Waals surface area contributed by atoms with Crippen LogP contribution in [-0.2, 0) is 4.79 Å². The van der Waals surface area contributed by atoms with Crippen LogP contribution in [0.4, 0.5) is 14.5 Å². The molecule has 0 atom stereocenters. The fourth-order valence-electron chi connectivity index (χ4n) is 3.30. The number of amidine groups is 1. The third-order valence-corrected chi connectivity index (χ3v) is 4.68. The molecule has 1 fully saturated rings. The number of halogens is 2. The van der Waals surface area contributed by atoms with Crippen molar-refractivity contribution in [3.63, 3.8) is 0 Å². The molecule has 1 heterocycles. The van der Waals surface area contributed by atoms with Crippen molar-refractivity contribution in [2.75, 3.05) is 5.32 Å². The number of carboxylic acids is 1. The van der Waals surface area contributed by atoms with Gasteiger partial charge in [0.15, 0.2) is 5.84 Å². The Morgan fingerprint density at radius 2 is 2.04 bits per heavy atom. The van der Waals surface area contributed by atoms with Gasteiger partial charge >= 0.3 is 5.97 Å². The van der Waals surface area contributed by atoms with Gasteiger partial charge in [-0.3, -0.25) is 15.1 Å². The van der Waals surface area contributed by atoms with Gasteiger partial charge in [0.2, 0.25) is 5.96 Å². The van der Waals surface area contributed by atoms with Gasteiger partial charge in [-0.25, -0.2) is 13.8 Å². The predicted molar refractivity (Wildman–Crippen MR) is 92.6 cm³/mol. The molecule has 7 nitrogen and oxygen atoms in total. The number of rotatable bonds is 3. The molecule has 138 valence electrons. The number of carboxylic acid groups (broad SMARTS) is 1. The molecular weight excluding hydrogens is 344 g/mol. The summed E-state index contributed by atoms with van der Waals surface area (Å²) >= 11 is 0. The Morgan fingerprint density at radius 3 is 2.62 bits per heavy atom. The van der Waals surface area contributed by atoms with Crippen molar-refractivity contribution in [2.45, 2.75) is 31.7 Å². The SMILES string of the molecule is N=C1/C(=C\N)N=C(Nc2ccc(F)cc2F)N1[C@H]1CC[C@@H](C(=O)O)CC1. The van der Waals surface area contributed by atoms with Gasteiger partial charge < -0.3 is 16.2 Å². The number of aliphatic imine (C=N–C) groups is 1. The van der Waals surface area contributed by atoms with Crippen LogP contribution in [0.1, 0.15) is 25.7 Å². The second kappa shape index (κ2) is 7.11. The van der Waals surface area contributed by atoms with Crippen LogP contribution in [0, 0.1) is 23.0 Å². The highest BCUT2D eigenvalue weighted by Crippen LogP contribution is 2.31. The van der Waals surface area contributed by atoms with Gasteiger partial charge in [-0.15, -0.1) is 0 Å². The average Bonchev–Trinajstić information content (AvgIpc) is 2.93. The van der Waals surface area contributed by atoms with E-state index in [1.54, 1.807) is 4.90 Å². The van der Waals surface area contributed by atoms with E-state index in [9.17, 15) is 13.6 Å². The molecule has 2 aliphatic rings. The number of nitrogens with two attached hydrogens (primary N) is 1. The zero-order chi connectivity index (χ0) is 18.8. The Labute approximate surface area is 148 Å². The number of hydrogen-bond donors (Lipinski definition) is 4. The first-order chi connectivity index (χ1) is 12.4. The molecule has 0 aromatic heterocycles. The summed E-state index contributed by atoms with van der Waals surface area (Å²) in [5, 5.41) is 20.2. The van der Waals surface area contributed by atoms with E-state index in [4.69, 9.17) is 16.2 Å². The largest absolute Gasteiger partial charge is 0.481 e. The number of hydrogen-bond acceptors (Lipinski definition) is 5. The Balaban J connectivity index is 1.82. The van der Waals surface area contributed by atoms with E-state index in [2.05, 4.69) is 10.3 Å². The minimum Gasteiger partial charge on any atom is -0.481 e. The van der Waals surface area contributed by atoms with Crippen molar-refractivity contribution in [1.82, 2.24) is 4.90 Å². The molecule has 1 aliphatic carbocycles. The lowest BCUT2D eigenvalue weighted by Crippen LogP contribution is -2.46. The quantitative estimate of drug-likeness (QED) is 0.659. The van der Waals surface area contributed by atoms with Gasteiger partial charge in [0.05, 0.1) is 11.6 Å². The van der Waals surface area contributed by atoms with Crippen molar-refractivity contribution < 1.29 is 18.7 Å². The maximum atomic E-state index is 14.0. The molecule has 0 unspecified atom stereocenters. The summed E-state index contributed by atoms with van der Waals surface area (Å²) in [5.41, 5.74) is 5.78. The molecule has 0 bridgehead atoms. The summed E-state index contributed by atoms with van der Waals surface area (Å²) in [6, 6.07) is 2.98. The monoisotopic (exact) mass is 363 g/mol. The minimum absolute atomic E-state index is 0.0282. The van der Waals surface area contributed by atoms with Crippen LogP contribution in [0.15, 0.2) is 35.1 Å². The van der Waals surface area contributed by atoms with Crippen LogP contribution in [0.3, 0.4) is 0 Å². The Morgan fingerprint density at radius 1 is 1.35 bits per heavy atom. The third-order valence-electron chi connectivity index (χ3n) is 4.68. The van der Waals surface area contributed by atoms with Crippen LogP contribution < -0.4 is 11.1 Å². The highest BCUT2D eigenvalue weighted by Gasteiger charge is 2.37. The predicted octanol–water partition coefficient (Wildman–Crippen LogP) is 2.47. The summed E-state index contributed by atoms with van der Waals surface area (Å²) in [6.07, 6.45) is 3.29. The number of anilines is 1. The molecule has 26 heavy (non-hydrogen) atoms. The molecule has 1 aliphatic heterocycles. The zero-order valence-electron chi connectivity index (χ0n) is 13.9. The molecule has 3 rings (SSSR count). The van der Waals surface area contributed by atoms with Crippen LogP contribution in [0.2, 0.25) is 0 Å². The normalized spacial score (nSPS) is 24.7. The number of benzene rings is 1. The summed E-state index contributed by atoms with van der Waals surface area (Å²) in [6.45, 7) is 0. The number of guanidine groups is 1. The van der Waals surface area contributed by atoms with Gasteiger partial charge in [0.1, 0.15) is 17.3 Å². The van der Waals surface area contributed by atoms with Crippen LogP contribution in [0.25, 0.3) is 0 Å². The molecule has 1 aromatic carbocycles. The van der Waals surface area contributed by atoms with E-state index in [0.717, 1.165) is 12.1 Å². The van der Waals surface area contributed by atoms with Crippen LogP contribution >= 0.6 is 0 Å². The summed E-state index contributed by atoms with van der Waals surface area (Å²) in [4.78, 5) is 16.9. The fraction of sp³-hybridized carbons (Fsp3) is 0.353. The van der Waals surface area contributed by atoms with E-state index in [-0.39, 0.29) is 29.2 Å². The number of nitrogens with zero attached hydrogens (tertiary/aromatic N) is 2. The summed E-state index contributed by atoms with van der Waals surface area (Å²) < 4.78 is 27.0. The Kier molecular flexibility index (Phi) is 4.88. The minimum atomic E-state index is -0.817. The van der Waals surface area contributed by atoms with Crippen molar-refractivity contribution in [1.29, 1.82) is 5.41 Å². The standard InChI is InChI=1S/C17H19F2N5O2/c18-10-3-6-13(12(19)7-10)22-17-23-14(8-20)15(21)24(17)11-4-1-9(2-5-11)16(25)26/h3,6-9,11,21H,1-2,4-5,20H2,(H,22,23)(H,25,26)/b14-8+,21-15?/t9-,11+. The van der Waals surface area contributed by atoms with Gasteiger partial charge in [-0.1, -0.05) is 0 Å². The third kappa shape index (κ3) is 3.37. The second-order valence-corrected chi connectivity index (χ2v) is 6.30. The highest BCUT2D eigenvalue weighted by atomic mass is 19.1. The molecule has 9 heteroatoms. The fourth-order valence-corrected chi connectivity index (χ4v) is 3.30. The van der Waals surface area contributed by atoms with E-state index >= 15 is 0 Å². The van der Waals surface area contributed by atoms with Crippen LogP contribution in [-0.4, -0.2) is 33.8 Å². The molecule has 5 N–H and O–H groups in total. The molecule has 1 saturated carbocycles. The van der Waals surface area contributed by atoms with E-state index in [1.165, 1.54) is 12.3 Å². The summed E-state index contributed by atoms with van der Waals surface area (Å²) in [7, 11) is 0. The highest BCUT2D eigenvalue weighted by molar-refractivity contribution is 6.17. The topological polar surface area (TPSA) is 115 Å². The van der Waals surface area contributed by atoms with Gasteiger partial charge in [-0.2, -0.15) is 0 Å². The second-order valence-electron chi connectivity index (χ2n) is 6.30. The van der Waals surface area contributed by atoms with Gasteiger partial charge in [-0.05, 0) is 37.8 Å². The average molecular weight is 363 g/mol.